The Kier molecular flexibility index (Phi) is 4.70. The zero-order valence-electron chi connectivity index (χ0n) is 14.7. The minimum absolute atomic E-state index is 0.00528. The lowest BCUT2D eigenvalue weighted by Crippen LogP contribution is -2.05. The zero-order chi connectivity index (χ0) is 19.7. The predicted molar refractivity (Wildman–Crippen MR) is 106 cm³/mol. The molecular weight excluding hydrogens is 400 g/mol. The average molecular weight is 415 g/mol. The molecule has 8 heteroatoms. The number of nitrogens with zero attached hydrogens (tertiary/aromatic N) is 1. The summed E-state index contributed by atoms with van der Waals surface area (Å²) in [7, 11) is -3.92. The Bertz CT molecular complexity index is 1200. The molecule has 0 aliphatic rings. The first-order valence-corrected chi connectivity index (χ1v) is 10.2. The van der Waals surface area contributed by atoms with Gasteiger partial charge in [0.05, 0.1) is 11.2 Å². The lowest BCUT2D eigenvalue weighted by atomic mass is 10.2. The van der Waals surface area contributed by atoms with E-state index in [2.05, 4.69) is 10.3 Å². The number of sulfone groups is 1. The third-order valence-corrected chi connectivity index (χ3v) is 5.95. The van der Waals surface area contributed by atoms with Crippen LogP contribution in [0.1, 0.15) is 5.56 Å². The van der Waals surface area contributed by atoms with Gasteiger partial charge in [0.2, 0.25) is 20.7 Å². The molecule has 4 aromatic rings. The highest BCUT2D eigenvalue weighted by atomic mass is 35.5. The average Bonchev–Trinajstić information content (AvgIpc) is 3.34. The van der Waals surface area contributed by atoms with Gasteiger partial charge in [-0.25, -0.2) is 8.42 Å². The number of hydrogen-bond acceptors (Lipinski definition) is 6. The molecule has 2 aromatic heterocycles. The Morgan fingerprint density at radius 3 is 2.36 bits per heavy atom. The van der Waals surface area contributed by atoms with Crippen LogP contribution in [0.3, 0.4) is 0 Å². The van der Waals surface area contributed by atoms with E-state index in [1.807, 2.05) is 6.92 Å². The molecule has 2 aromatic carbocycles. The van der Waals surface area contributed by atoms with Crippen molar-refractivity contribution in [2.75, 3.05) is 5.32 Å². The zero-order valence-corrected chi connectivity index (χ0v) is 16.3. The van der Waals surface area contributed by atoms with Crippen molar-refractivity contribution in [2.45, 2.75) is 16.8 Å². The minimum Gasteiger partial charge on any atom is -0.459 e. The van der Waals surface area contributed by atoms with Crippen LogP contribution in [0.25, 0.3) is 11.7 Å². The summed E-state index contributed by atoms with van der Waals surface area (Å²) in [4.78, 5) is 4.32. The molecule has 2 heterocycles. The predicted octanol–water partition coefficient (Wildman–Crippen LogP) is 5.47. The van der Waals surface area contributed by atoms with E-state index in [9.17, 15) is 8.42 Å². The molecule has 0 aliphatic carbocycles. The van der Waals surface area contributed by atoms with Gasteiger partial charge in [0.15, 0.2) is 5.76 Å². The molecule has 0 atom stereocenters. The van der Waals surface area contributed by atoms with Gasteiger partial charge in [0.25, 0.3) is 5.89 Å². The fourth-order valence-corrected chi connectivity index (χ4v) is 3.95. The minimum atomic E-state index is -3.92. The summed E-state index contributed by atoms with van der Waals surface area (Å²) in [6.07, 6.45) is 1.46. The highest BCUT2D eigenvalue weighted by Crippen LogP contribution is 2.34. The molecule has 0 fully saturated rings. The summed E-state index contributed by atoms with van der Waals surface area (Å²) >= 11 is 5.91. The van der Waals surface area contributed by atoms with Crippen LogP contribution in [0, 0.1) is 6.92 Å². The number of hydrogen-bond donors (Lipinski definition) is 1. The van der Waals surface area contributed by atoms with Gasteiger partial charge in [-0.05, 0) is 55.5 Å². The van der Waals surface area contributed by atoms with Crippen LogP contribution in [-0.4, -0.2) is 13.4 Å². The third-order valence-electron chi connectivity index (χ3n) is 4.02. The first-order chi connectivity index (χ1) is 13.4. The SMILES string of the molecule is Cc1ccc(S(=O)(=O)c2nc(-c3ccco3)oc2Nc2ccc(Cl)cc2)cc1. The fourth-order valence-electron chi connectivity index (χ4n) is 2.57. The monoisotopic (exact) mass is 414 g/mol. The van der Waals surface area contributed by atoms with Crippen molar-refractivity contribution in [3.8, 4) is 11.7 Å². The molecule has 0 amide bonds. The highest BCUT2D eigenvalue weighted by Gasteiger charge is 2.29. The van der Waals surface area contributed by atoms with Gasteiger partial charge in [-0.15, -0.1) is 0 Å². The first-order valence-electron chi connectivity index (χ1n) is 8.32. The number of aromatic nitrogens is 1. The Morgan fingerprint density at radius 2 is 1.71 bits per heavy atom. The number of nitrogens with one attached hydrogen (secondary N) is 1. The van der Waals surface area contributed by atoms with Crippen LogP contribution in [0.2, 0.25) is 5.02 Å². The molecule has 0 radical (unpaired) electrons. The third kappa shape index (κ3) is 3.54. The second-order valence-corrected chi connectivity index (χ2v) is 8.38. The van der Waals surface area contributed by atoms with Crippen molar-refractivity contribution in [2.24, 2.45) is 0 Å². The van der Waals surface area contributed by atoms with E-state index >= 15 is 0 Å². The van der Waals surface area contributed by atoms with Crippen molar-refractivity contribution in [1.29, 1.82) is 0 Å². The second kappa shape index (κ2) is 7.18. The number of halogens is 1. The number of furan rings is 1. The van der Waals surface area contributed by atoms with Gasteiger partial charge in [0.1, 0.15) is 0 Å². The molecule has 0 bridgehead atoms. The van der Waals surface area contributed by atoms with E-state index in [0.29, 0.717) is 16.5 Å². The van der Waals surface area contributed by atoms with Crippen molar-refractivity contribution < 1.29 is 17.3 Å². The quantitative estimate of drug-likeness (QED) is 0.465. The molecule has 0 saturated heterocycles. The van der Waals surface area contributed by atoms with Crippen molar-refractivity contribution >= 4 is 33.0 Å². The van der Waals surface area contributed by atoms with E-state index < -0.39 is 9.84 Å². The van der Waals surface area contributed by atoms with E-state index in [4.69, 9.17) is 20.4 Å². The Labute approximate surface area is 166 Å². The second-order valence-electron chi connectivity index (χ2n) is 6.08. The molecule has 4 rings (SSSR count). The first kappa shape index (κ1) is 18.3. The number of benzene rings is 2. The molecule has 0 aliphatic heterocycles. The van der Waals surface area contributed by atoms with Gasteiger partial charge >= 0.3 is 0 Å². The van der Waals surface area contributed by atoms with Gasteiger partial charge in [-0.3, -0.25) is 0 Å². The van der Waals surface area contributed by atoms with Crippen molar-refractivity contribution in [1.82, 2.24) is 4.98 Å². The summed E-state index contributed by atoms with van der Waals surface area (Å²) in [5.41, 5.74) is 1.56. The van der Waals surface area contributed by atoms with Crippen LogP contribution in [0.15, 0.2) is 85.7 Å². The fraction of sp³-hybridized carbons (Fsp3) is 0.0500. The summed E-state index contributed by atoms with van der Waals surface area (Å²) in [6.45, 7) is 1.88. The molecule has 0 saturated carbocycles. The maximum absolute atomic E-state index is 13.2. The summed E-state index contributed by atoms with van der Waals surface area (Å²) in [5.74, 6) is 0.381. The Hall–Kier alpha value is -3.03. The lowest BCUT2D eigenvalue weighted by molar-refractivity contribution is 0.524. The van der Waals surface area contributed by atoms with Crippen LogP contribution in [-0.2, 0) is 9.84 Å². The molecular formula is C20H15ClN2O4S. The Balaban J connectivity index is 1.82. The summed E-state index contributed by atoms with van der Waals surface area (Å²) in [5, 5.41) is 3.30. The highest BCUT2D eigenvalue weighted by molar-refractivity contribution is 7.91. The van der Waals surface area contributed by atoms with Gasteiger partial charge in [-0.1, -0.05) is 29.3 Å². The molecule has 6 nitrogen and oxygen atoms in total. The molecule has 0 spiro atoms. The number of oxazole rings is 1. The number of anilines is 2. The van der Waals surface area contributed by atoms with Crippen molar-refractivity contribution in [3.05, 3.63) is 77.5 Å². The normalized spacial score (nSPS) is 11.5. The standard InChI is InChI=1S/C20H15ClN2O4S/c1-13-4-10-16(11-5-13)28(24,25)20-19(22-15-8-6-14(21)7-9-15)27-18(23-20)17-3-2-12-26-17/h2-12,22H,1H3. The van der Waals surface area contributed by atoms with E-state index in [1.165, 1.54) is 18.4 Å². The maximum Gasteiger partial charge on any atom is 0.266 e. The summed E-state index contributed by atoms with van der Waals surface area (Å²) < 4.78 is 37.3. The van der Waals surface area contributed by atoms with Gasteiger partial charge < -0.3 is 14.2 Å². The number of rotatable bonds is 5. The summed E-state index contributed by atoms with van der Waals surface area (Å²) in [6, 6.07) is 16.6. The molecule has 1 N–H and O–H groups in total. The Morgan fingerprint density at radius 1 is 1.00 bits per heavy atom. The smallest absolute Gasteiger partial charge is 0.266 e. The van der Waals surface area contributed by atoms with Gasteiger partial charge in [0, 0.05) is 10.7 Å². The maximum atomic E-state index is 13.2. The molecule has 0 unspecified atom stereocenters. The van der Waals surface area contributed by atoms with Crippen LogP contribution < -0.4 is 5.32 Å². The van der Waals surface area contributed by atoms with Crippen LogP contribution in [0.5, 0.6) is 0 Å². The van der Waals surface area contributed by atoms with Crippen molar-refractivity contribution in [3.63, 3.8) is 0 Å². The van der Waals surface area contributed by atoms with Crippen LogP contribution in [0.4, 0.5) is 11.6 Å². The van der Waals surface area contributed by atoms with E-state index in [-0.39, 0.29) is 21.7 Å². The van der Waals surface area contributed by atoms with Crippen LogP contribution >= 0.6 is 11.6 Å². The molecule has 28 heavy (non-hydrogen) atoms. The molecule has 142 valence electrons. The largest absolute Gasteiger partial charge is 0.459 e. The van der Waals surface area contributed by atoms with E-state index in [0.717, 1.165) is 5.56 Å². The van der Waals surface area contributed by atoms with E-state index in [1.54, 1.807) is 48.5 Å². The van der Waals surface area contributed by atoms with Gasteiger partial charge in [-0.2, -0.15) is 4.98 Å². The topological polar surface area (TPSA) is 85.3 Å². The lowest BCUT2D eigenvalue weighted by Gasteiger charge is -2.06. The number of aryl methyl sites for hydroxylation is 1.